The van der Waals surface area contributed by atoms with Crippen LogP contribution >= 0.6 is 0 Å². The average Bonchev–Trinajstić information content (AvgIpc) is 2.20. The second kappa shape index (κ2) is 4.74. The molecule has 0 aliphatic carbocycles. The smallest absolute Gasteiger partial charge is 0.306 e. The van der Waals surface area contributed by atoms with Crippen molar-refractivity contribution in [1.82, 2.24) is 0 Å². The molecule has 0 saturated heterocycles. The Labute approximate surface area is 92.9 Å². The van der Waals surface area contributed by atoms with Crippen LogP contribution in [0.15, 0.2) is 18.2 Å². The molecule has 0 saturated carbocycles. The largest absolute Gasteiger partial charge is 0.481 e. The standard InChI is InChI=1S/C11H13NO4/c1-7-4-3-5-10(12(15)16)9(7)6-8(2)11(13)14/h3-5,8H,6H2,1-2H3,(H,13,14). The zero-order valence-electron chi connectivity index (χ0n) is 9.14. The molecule has 1 aromatic carbocycles. The minimum Gasteiger partial charge on any atom is -0.481 e. The summed E-state index contributed by atoms with van der Waals surface area (Å²) in [6.07, 6.45) is 0.179. The topological polar surface area (TPSA) is 80.4 Å². The lowest BCUT2D eigenvalue weighted by molar-refractivity contribution is -0.385. The number of carboxylic acid groups (broad SMARTS) is 1. The SMILES string of the molecule is Cc1cccc([N+](=O)[O-])c1CC(C)C(=O)O. The van der Waals surface area contributed by atoms with Crippen LogP contribution in [0.1, 0.15) is 18.1 Å². The number of carboxylic acids is 1. The number of aliphatic carboxylic acids is 1. The van der Waals surface area contributed by atoms with Crippen LogP contribution in [0.4, 0.5) is 5.69 Å². The van der Waals surface area contributed by atoms with Crippen molar-refractivity contribution in [3.8, 4) is 0 Å². The van der Waals surface area contributed by atoms with Crippen molar-refractivity contribution in [2.24, 2.45) is 5.92 Å². The molecule has 16 heavy (non-hydrogen) atoms. The number of carbonyl (C=O) groups is 1. The molecule has 1 N–H and O–H groups in total. The molecule has 0 radical (unpaired) electrons. The number of nitro benzene ring substituents is 1. The van der Waals surface area contributed by atoms with Crippen molar-refractivity contribution in [2.45, 2.75) is 20.3 Å². The van der Waals surface area contributed by atoms with Crippen molar-refractivity contribution in [3.05, 3.63) is 39.4 Å². The third-order valence-corrected chi connectivity index (χ3v) is 2.51. The van der Waals surface area contributed by atoms with Gasteiger partial charge in [-0.2, -0.15) is 0 Å². The minimum atomic E-state index is -0.947. The maximum Gasteiger partial charge on any atom is 0.306 e. The summed E-state index contributed by atoms with van der Waals surface area (Å²) in [6, 6.07) is 4.75. The Balaban J connectivity index is 3.11. The third-order valence-electron chi connectivity index (χ3n) is 2.51. The molecule has 5 nitrogen and oxygen atoms in total. The van der Waals surface area contributed by atoms with E-state index in [4.69, 9.17) is 5.11 Å². The molecule has 1 rings (SSSR count). The second-order valence-corrected chi connectivity index (χ2v) is 3.77. The normalized spacial score (nSPS) is 12.1. The molecule has 1 unspecified atom stereocenters. The van der Waals surface area contributed by atoms with Gasteiger partial charge in [-0.1, -0.05) is 19.1 Å². The van der Waals surface area contributed by atoms with Crippen LogP contribution < -0.4 is 0 Å². The van der Waals surface area contributed by atoms with Gasteiger partial charge in [0.25, 0.3) is 5.69 Å². The van der Waals surface area contributed by atoms with Crippen molar-refractivity contribution >= 4 is 11.7 Å². The maximum atomic E-state index is 10.8. The lowest BCUT2D eigenvalue weighted by Crippen LogP contribution is -2.14. The number of nitrogens with zero attached hydrogens (tertiary/aromatic N) is 1. The third kappa shape index (κ3) is 2.56. The predicted octanol–water partition coefficient (Wildman–Crippen LogP) is 2.17. The van der Waals surface area contributed by atoms with Crippen LogP contribution in [0, 0.1) is 23.0 Å². The van der Waals surface area contributed by atoms with E-state index in [1.54, 1.807) is 26.0 Å². The van der Waals surface area contributed by atoms with Gasteiger partial charge in [-0.3, -0.25) is 14.9 Å². The van der Waals surface area contributed by atoms with Gasteiger partial charge < -0.3 is 5.11 Å². The fraction of sp³-hybridized carbons (Fsp3) is 0.364. The van der Waals surface area contributed by atoms with E-state index in [-0.39, 0.29) is 12.1 Å². The Bertz CT molecular complexity index is 428. The Morgan fingerprint density at radius 2 is 2.19 bits per heavy atom. The number of rotatable bonds is 4. The van der Waals surface area contributed by atoms with E-state index in [1.807, 2.05) is 0 Å². The molecule has 0 spiro atoms. The van der Waals surface area contributed by atoms with Gasteiger partial charge in [-0.25, -0.2) is 0 Å². The van der Waals surface area contributed by atoms with Gasteiger partial charge in [0.1, 0.15) is 0 Å². The molecule has 0 aliphatic heterocycles. The fourth-order valence-electron chi connectivity index (χ4n) is 1.52. The molecule has 1 atom stereocenters. The first-order valence-electron chi connectivity index (χ1n) is 4.89. The molecule has 86 valence electrons. The van der Waals surface area contributed by atoms with E-state index in [0.29, 0.717) is 5.56 Å². The quantitative estimate of drug-likeness (QED) is 0.626. The van der Waals surface area contributed by atoms with E-state index in [2.05, 4.69) is 0 Å². The Morgan fingerprint density at radius 1 is 1.56 bits per heavy atom. The van der Waals surface area contributed by atoms with Gasteiger partial charge >= 0.3 is 5.97 Å². The number of hydrogen-bond donors (Lipinski definition) is 1. The van der Waals surface area contributed by atoms with E-state index in [9.17, 15) is 14.9 Å². The number of nitro groups is 1. The summed E-state index contributed by atoms with van der Waals surface area (Å²) in [5, 5.41) is 19.6. The summed E-state index contributed by atoms with van der Waals surface area (Å²) in [6.45, 7) is 3.29. The first kappa shape index (κ1) is 12.2. The molecule has 0 aromatic heterocycles. The molecule has 5 heteroatoms. The zero-order chi connectivity index (χ0) is 12.3. The van der Waals surface area contributed by atoms with Crippen molar-refractivity contribution in [3.63, 3.8) is 0 Å². The Hall–Kier alpha value is -1.91. The summed E-state index contributed by atoms with van der Waals surface area (Å²) >= 11 is 0. The Kier molecular flexibility index (Phi) is 3.60. The summed E-state index contributed by atoms with van der Waals surface area (Å²) in [4.78, 5) is 21.0. The van der Waals surface area contributed by atoms with E-state index in [0.717, 1.165) is 5.56 Å². The van der Waals surface area contributed by atoms with E-state index in [1.165, 1.54) is 6.07 Å². The summed E-state index contributed by atoms with van der Waals surface area (Å²) < 4.78 is 0. The monoisotopic (exact) mass is 223 g/mol. The minimum absolute atomic E-state index is 0.00639. The molecular weight excluding hydrogens is 210 g/mol. The maximum absolute atomic E-state index is 10.8. The summed E-state index contributed by atoms with van der Waals surface area (Å²) in [5.74, 6) is -1.57. The van der Waals surface area contributed by atoms with Crippen LogP contribution in [0.25, 0.3) is 0 Å². The van der Waals surface area contributed by atoms with Crippen LogP contribution in [0.3, 0.4) is 0 Å². The molecule has 0 heterocycles. The highest BCUT2D eigenvalue weighted by Crippen LogP contribution is 2.24. The molecule has 0 fully saturated rings. The molecule has 0 amide bonds. The number of aryl methyl sites for hydroxylation is 1. The highest BCUT2D eigenvalue weighted by molar-refractivity contribution is 5.70. The number of hydrogen-bond acceptors (Lipinski definition) is 3. The summed E-state index contributed by atoms with van der Waals surface area (Å²) in [7, 11) is 0. The van der Waals surface area contributed by atoms with Gasteiger partial charge in [0.15, 0.2) is 0 Å². The van der Waals surface area contributed by atoms with Crippen LogP contribution in [-0.2, 0) is 11.2 Å². The molecule has 1 aromatic rings. The number of benzene rings is 1. The fourth-order valence-corrected chi connectivity index (χ4v) is 1.52. The van der Waals surface area contributed by atoms with E-state index >= 15 is 0 Å². The summed E-state index contributed by atoms with van der Waals surface area (Å²) in [5.41, 5.74) is 1.25. The highest BCUT2D eigenvalue weighted by atomic mass is 16.6. The van der Waals surface area contributed by atoms with Crippen molar-refractivity contribution in [1.29, 1.82) is 0 Å². The van der Waals surface area contributed by atoms with Crippen LogP contribution in [-0.4, -0.2) is 16.0 Å². The van der Waals surface area contributed by atoms with Gasteiger partial charge in [0.05, 0.1) is 10.8 Å². The van der Waals surface area contributed by atoms with Crippen molar-refractivity contribution < 1.29 is 14.8 Å². The molecular formula is C11H13NO4. The molecule has 0 bridgehead atoms. The van der Waals surface area contributed by atoms with Crippen molar-refractivity contribution in [2.75, 3.05) is 0 Å². The second-order valence-electron chi connectivity index (χ2n) is 3.77. The van der Waals surface area contributed by atoms with Crippen LogP contribution in [0.5, 0.6) is 0 Å². The lowest BCUT2D eigenvalue weighted by atomic mass is 9.96. The van der Waals surface area contributed by atoms with Gasteiger partial charge in [-0.15, -0.1) is 0 Å². The average molecular weight is 223 g/mol. The van der Waals surface area contributed by atoms with E-state index < -0.39 is 16.8 Å². The lowest BCUT2D eigenvalue weighted by Gasteiger charge is -2.09. The first-order valence-corrected chi connectivity index (χ1v) is 4.89. The Morgan fingerprint density at radius 3 is 2.69 bits per heavy atom. The van der Waals surface area contributed by atoms with Gasteiger partial charge in [-0.05, 0) is 18.9 Å². The van der Waals surface area contributed by atoms with Gasteiger partial charge in [0, 0.05) is 11.6 Å². The predicted molar refractivity (Wildman–Crippen MR) is 58.3 cm³/mol. The zero-order valence-corrected chi connectivity index (χ0v) is 9.14. The highest BCUT2D eigenvalue weighted by Gasteiger charge is 2.20. The molecule has 0 aliphatic rings. The van der Waals surface area contributed by atoms with Crippen LogP contribution in [0.2, 0.25) is 0 Å². The van der Waals surface area contributed by atoms with Gasteiger partial charge in [0.2, 0.25) is 0 Å². The first-order chi connectivity index (χ1) is 7.43.